The summed E-state index contributed by atoms with van der Waals surface area (Å²) in [5.41, 5.74) is 11.2. The Labute approximate surface area is 438 Å². The van der Waals surface area contributed by atoms with Crippen molar-refractivity contribution < 1.29 is 27.2 Å². The average Bonchev–Trinajstić information content (AvgIpc) is 3.92. The van der Waals surface area contributed by atoms with E-state index in [1.54, 1.807) is 0 Å². The molecule has 0 saturated heterocycles. The van der Waals surface area contributed by atoms with E-state index in [1.807, 2.05) is 36.5 Å². The zero-order chi connectivity index (χ0) is 49.8. The van der Waals surface area contributed by atoms with Gasteiger partial charge in [0.05, 0.1) is 1.37 Å². The van der Waals surface area contributed by atoms with Crippen LogP contribution in [0.4, 0.5) is 11.4 Å². The van der Waals surface area contributed by atoms with Gasteiger partial charge in [0.25, 0.3) is 0 Å². The fourth-order valence-electron chi connectivity index (χ4n) is 10.4. The number of pyridine rings is 1. The molecule has 0 N–H and O–H groups in total. The van der Waals surface area contributed by atoms with Crippen molar-refractivity contribution >= 4 is 76.5 Å². The number of aromatic nitrogens is 3. The number of rotatable bonds is 5. The van der Waals surface area contributed by atoms with E-state index in [0.29, 0.717) is 17.5 Å². The third kappa shape index (κ3) is 7.99. The number of benzene rings is 8. The Morgan fingerprint density at radius 1 is 0.514 bits per heavy atom. The van der Waals surface area contributed by atoms with E-state index in [1.165, 1.54) is 21.9 Å². The zero-order valence-corrected chi connectivity index (χ0v) is 44.5. The molecule has 11 aromatic rings. The minimum Gasteiger partial charge on any atom is -0.509 e. The van der Waals surface area contributed by atoms with Crippen LogP contribution >= 0.6 is 0 Å². The Hall–Kier alpha value is -7.33. The molecule has 0 spiro atoms. The van der Waals surface area contributed by atoms with Gasteiger partial charge in [-0.15, -0.1) is 35.7 Å². The van der Waals surface area contributed by atoms with E-state index in [4.69, 9.17) is 9.72 Å². The molecule has 0 atom stereocenters. The molecule has 0 aliphatic carbocycles. The molecule has 0 bridgehead atoms. The Morgan fingerprint density at radius 2 is 1.12 bits per heavy atom. The summed E-state index contributed by atoms with van der Waals surface area (Å²) < 4.78 is 20.6. The monoisotopic (exact) mass is 1120 g/mol. The third-order valence-electron chi connectivity index (χ3n) is 14.3. The molecule has 4 heterocycles. The van der Waals surface area contributed by atoms with Gasteiger partial charge < -0.3 is 18.8 Å². The van der Waals surface area contributed by atoms with E-state index >= 15 is 0 Å². The van der Waals surface area contributed by atoms with Crippen molar-refractivity contribution in [1.29, 1.82) is 0 Å². The third-order valence-corrected chi connectivity index (χ3v) is 14.3. The Bertz CT molecular complexity index is 4090. The first-order valence-electron chi connectivity index (χ1n) is 25.2. The van der Waals surface area contributed by atoms with Crippen LogP contribution < -0.4 is 9.64 Å². The quantitative estimate of drug-likeness (QED) is 0.161. The topological polar surface area (TPSA) is 35.2 Å². The van der Waals surface area contributed by atoms with Crippen LogP contribution in [0.1, 0.15) is 80.4 Å². The summed E-state index contributed by atoms with van der Waals surface area (Å²) in [5.74, 6) is 2.00. The van der Waals surface area contributed by atoms with Gasteiger partial charge in [0.15, 0.2) is 0 Å². The smallest absolute Gasteiger partial charge is 0.135 e. The molecule has 6 heteroatoms. The molecule has 1 aliphatic heterocycles. The second-order valence-corrected chi connectivity index (χ2v) is 22.1. The standard InChI is InChI=1S/C66H57N4O.Pt/c1-64(2,3)43-20-16-19-42(35-43)56-36-45(66(7,8)9)37-57-52-26-13-11-24-50(52)49-23-10-12-25-51(49)55-28-18-30-59-63(55)69(62(56)57)41-68(59)46-21-17-22-47(39-46)71-48-31-32-54-53-27-14-15-29-58(53)70(60(54)40-48)61-38-44(33-34-67-61)65(4,5)6;/h10-38,41H,1-9H3;/q-3;/i16D;. The second kappa shape index (κ2) is 17.5. The predicted molar refractivity (Wildman–Crippen MR) is 298 cm³/mol. The largest absolute Gasteiger partial charge is 0.509 e. The molecule has 1 aliphatic rings. The van der Waals surface area contributed by atoms with Crippen LogP contribution in [0, 0.1) is 18.8 Å². The summed E-state index contributed by atoms with van der Waals surface area (Å²) in [6, 6.07) is 66.2. The number of fused-ring (bicyclic) bond motifs is 10. The molecule has 0 radical (unpaired) electrons. The molecule has 72 heavy (non-hydrogen) atoms. The number of hydrogen-bond donors (Lipinski definition) is 0. The summed E-state index contributed by atoms with van der Waals surface area (Å²) in [5, 5.41) is 9.10. The van der Waals surface area contributed by atoms with Crippen LogP contribution in [0.2, 0.25) is 0 Å². The van der Waals surface area contributed by atoms with E-state index in [9.17, 15) is 1.37 Å². The van der Waals surface area contributed by atoms with Gasteiger partial charge in [-0.3, -0.25) is 0 Å². The molecule has 3 aromatic heterocycles. The van der Waals surface area contributed by atoms with E-state index < -0.39 is 0 Å². The maximum Gasteiger partial charge on any atom is 0.135 e. The van der Waals surface area contributed by atoms with Gasteiger partial charge in [-0.05, 0) is 124 Å². The molecule has 5 nitrogen and oxygen atoms in total. The van der Waals surface area contributed by atoms with Gasteiger partial charge in [-0.1, -0.05) is 189 Å². The summed E-state index contributed by atoms with van der Waals surface area (Å²) in [7, 11) is 0. The molecule has 0 saturated carbocycles. The Balaban J connectivity index is 0.00000574. The second-order valence-electron chi connectivity index (χ2n) is 22.1. The van der Waals surface area contributed by atoms with Gasteiger partial charge in [0.2, 0.25) is 0 Å². The van der Waals surface area contributed by atoms with Crippen LogP contribution in [0.3, 0.4) is 0 Å². The van der Waals surface area contributed by atoms with Crippen LogP contribution in [0.25, 0.3) is 82.1 Å². The van der Waals surface area contributed by atoms with Gasteiger partial charge in [0.1, 0.15) is 5.82 Å². The first-order chi connectivity index (χ1) is 34.5. The molecular weight excluding hydrogens is 1060 g/mol. The number of para-hydroxylation sites is 2. The number of hydrogen-bond acceptors (Lipinski definition) is 3. The molecule has 8 aromatic carbocycles. The van der Waals surface area contributed by atoms with E-state index in [2.05, 4.69) is 229 Å². The fourth-order valence-corrected chi connectivity index (χ4v) is 10.4. The van der Waals surface area contributed by atoms with Gasteiger partial charge in [-0.25, -0.2) is 4.98 Å². The van der Waals surface area contributed by atoms with Crippen molar-refractivity contribution in [1.82, 2.24) is 14.1 Å². The number of ether oxygens (including phenoxy) is 1. The summed E-state index contributed by atoms with van der Waals surface area (Å²) in [6.45, 7) is 22.5. The van der Waals surface area contributed by atoms with Crippen LogP contribution in [-0.4, -0.2) is 14.1 Å². The SMILES string of the molecule is [2H]c1cc(-c2cc(C(C)(C)C)cc3c4ccccc4c4ccccc4c4cccc5c4n(c23)[CH-]N5c2[c-]c(Oc3[c-]c4c(cc3)c3ccccc3n4-c3cc(C(C)(C)C)ccn3)ccc2)cc(C(C)(C)C)c1.[Pt]. The average molecular weight is 1120 g/mol. The summed E-state index contributed by atoms with van der Waals surface area (Å²) in [4.78, 5) is 7.13. The van der Waals surface area contributed by atoms with Crippen molar-refractivity contribution in [3.05, 3.63) is 212 Å². The van der Waals surface area contributed by atoms with Crippen LogP contribution in [0.15, 0.2) is 176 Å². The van der Waals surface area contributed by atoms with Crippen LogP contribution in [-0.2, 0) is 37.3 Å². The number of nitrogens with zero attached hydrogens (tertiary/aromatic N) is 4. The van der Waals surface area contributed by atoms with E-state index in [0.717, 1.165) is 88.3 Å². The van der Waals surface area contributed by atoms with Crippen molar-refractivity contribution in [3.8, 4) is 28.4 Å². The molecule has 0 unspecified atom stereocenters. The fraction of sp³-hybridized carbons (Fsp3) is 0.182. The van der Waals surface area contributed by atoms with E-state index in [-0.39, 0.29) is 37.3 Å². The summed E-state index contributed by atoms with van der Waals surface area (Å²) in [6.07, 6.45) is 1.90. The van der Waals surface area contributed by atoms with Crippen molar-refractivity contribution in [2.45, 2.75) is 78.6 Å². The predicted octanol–water partition coefficient (Wildman–Crippen LogP) is 17.8. The zero-order valence-electron chi connectivity index (χ0n) is 43.3. The maximum atomic E-state index is 9.20. The molecule has 0 amide bonds. The van der Waals surface area contributed by atoms with Crippen molar-refractivity contribution in [3.63, 3.8) is 0 Å². The minimum atomic E-state index is -0.174. The summed E-state index contributed by atoms with van der Waals surface area (Å²) >= 11 is 0. The molecular formula is C66H57N4OPt-3. The van der Waals surface area contributed by atoms with Crippen LogP contribution in [0.5, 0.6) is 11.5 Å². The number of anilines is 2. The van der Waals surface area contributed by atoms with Crippen molar-refractivity contribution in [2.75, 3.05) is 4.90 Å². The Morgan fingerprint density at radius 3 is 1.83 bits per heavy atom. The first-order valence-corrected chi connectivity index (χ1v) is 24.7. The Kier molecular flexibility index (Phi) is 11.1. The normalized spacial score (nSPS) is 13.0. The molecule has 12 rings (SSSR count). The van der Waals surface area contributed by atoms with Gasteiger partial charge in [-0.2, -0.15) is 12.1 Å². The van der Waals surface area contributed by atoms with Gasteiger partial charge >= 0.3 is 0 Å². The molecule has 0 fully saturated rings. The molecule has 360 valence electrons. The maximum absolute atomic E-state index is 9.20. The first kappa shape index (κ1) is 45.8. The minimum absolute atomic E-state index is 0. The van der Waals surface area contributed by atoms with Crippen molar-refractivity contribution in [2.24, 2.45) is 0 Å². The van der Waals surface area contributed by atoms with Gasteiger partial charge in [0, 0.05) is 50.0 Å².